The van der Waals surface area contributed by atoms with Gasteiger partial charge in [-0.3, -0.25) is 9.59 Å². The highest BCUT2D eigenvalue weighted by Crippen LogP contribution is 2.27. The van der Waals surface area contributed by atoms with Crippen molar-refractivity contribution in [1.82, 2.24) is 4.90 Å². The maximum atomic E-state index is 12.7. The fourth-order valence-electron chi connectivity index (χ4n) is 3.92. The zero-order valence-corrected chi connectivity index (χ0v) is 15.5. The number of benzene rings is 1. The zero-order chi connectivity index (χ0) is 18.6. The molecule has 27 heavy (non-hydrogen) atoms. The summed E-state index contributed by atoms with van der Waals surface area (Å²) in [5, 5.41) is 3.43. The molecule has 1 fully saturated rings. The van der Waals surface area contributed by atoms with Crippen molar-refractivity contribution in [3.05, 3.63) is 41.2 Å². The number of para-hydroxylation sites is 1. The molecule has 0 saturated carbocycles. The number of anilines is 1. The topological polar surface area (TPSA) is 71.0 Å². The number of ketones is 2. The predicted molar refractivity (Wildman–Crippen MR) is 104 cm³/mol. The van der Waals surface area contributed by atoms with Gasteiger partial charge in [0.1, 0.15) is 11.6 Å². The molecule has 3 heterocycles. The van der Waals surface area contributed by atoms with Gasteiger partial charge in [-0.05, 0) is 24.0 Å². The molecule has 0 amide bonds. The number of carbonyl (C=O) groups is 2. The van der Waals surface area contributed by atoms with Crippen LogP contribution >= 0.6 is 0 Å². The van der Waals surface area contributed by atoms with Gasteiger partial charge in [-0.15, -0.1) is 0 Å². The standard InChI is InChI=1S/C21H25N3O3/c25-18(11-16-4-1-3-15-5-2-6-22-21(15)16)12-17-13-19(26)14-20(23-17)24-7-9-27-10-8-24/h1,3-4,14,22H,2,5-13H2. The van der Waals surface area contributed by atoms with E-state index in [1.807, 2.05) is 12.1 Å². The van der Waals surface area contributed by atoms with E-state index in [-0.39, 0.29) is 24.4 Å². The van der Waals surface area contributed by atoms with Crippen molar-refractivity contribution in [3.8, 4) is 0 Å². The lowest BCUT2D eigenvalue weighted by Crippen LogP contribution is -2.36. The van der Waals surface area contributed by atoms with Crippen LogP contribution in [0.5, 0.6) is 0 Å². The summed E-state index contributed by atoms with van der Waals surface area (Å²) in [4.78, 5) is 31.5. The van der Waals surface area contributed by atoms with Gasteiger partial charge < -0.3 is 15.0 Å². The number of hydrogen-bond acceptors (Lipinski definition) is 6. The molecule has 1 aromatic carbocycles. The van der Waals surface area contributed by atoms with Crippen molar-refractivity contribution in [1.29, 1.82) is 0 Å². The molecule has 4 rings (SSSR count). The first kappa shape index (κ1) is 17.9. The summed E-state index contributed by atoms with van der Waals surface area (Å²) in [6.07, 6.45) is 4.62. The summed E-state index contributed by atoms with van der Waals surface area (Å²) in [6.45, 7) is 3.69. The molecule has 0 bridgehead atoms. The number of rotatable bonds is 5. The monoisotopic (exact) mass is 367 g/mol. The van der Waals surface area contributed by atoms with Gasteiger partial charge in [0, 0.05) is 56.4 Å². The smallest absolute Gasteiger partial charge is 0.164 e. The Bertz CT molecular complexity index is 807. The van der Waals surface area contributed by atoms with Crippen LogP contribution < -0.4 is 5.32 Å². The van der Waals surface area contributed by atoms with E-state index in [4.69, 9.17) is 4.74 Å². The van der Waals surface area contributed by atoms with Crippen molar-refractivity contribution >= 4 is 23.0 Å². The van der Waals surface area contributed by atoms with Gasteiger partial charge in [0.25, 0.3) is 0 Å². The van der Waals surface area contributed by atoms with E-state index < -0.39 is 0 Å². The summed E-state index contributed by atoms with van der Waals surface area (Å²) in [5.74, 6) is 0.801. The number of ether oxygens (including phenoxy) is 1. The summed E-state index contributed by atoms with van der Waals surface area (Å²) in [7, 11) is 0. The largest absolute Gasteiger partial charge is 0.385 e. The molecule has 0 aliphatic carbocycles. The van der Waals surface area contributed by atoms with E-state index in [9.17, 15) is 9.59 Å². The molecule has 142 valence electrons. The number of carbonyl (C=O) groups excluding carboxylic acids is 2. The van der Waals surface area contributed by atoms with Gasteiger partial charge in [0.05, 0.1) is 13.2 Å². The second kappa shape index (κ2) is 8.05. The van der Waals surface area contributed by atoms with Crippen molar-refractivity contribution < 1.29 is 14.3 Å². The van der Waals surface area contributed by atoms with Crippen molar-refractivity contribution in [2.45, 2.75) is 32.1 Å². The molecule has 3 aliphatic heterocycles. The average molecular weight is 367 g/mol. The molecule has 1 saturated heterocycles. The molecule has 6 heteroatoms. The molecule has 1 aromatic rings. The fourth-order valence-corrected chi connectivity index (χ4v) is 3.92. The van der Waals surface area contributed by atoms with E-state index in [2.05, 4.69) is 21.3 Å². The number of allylic oxidation sites excluding steroid dienone is 1. The van der Waals surface area contributed by atoms with Gasteiger partial charge in [0.2, 0.25) is 0 Å². The third kappa shape index (κ3) is 4.27. The first-order chi connectivity index (χ1) is 13.2. The Hall–Kier alpha value is -2.47. The first-order valence-corrected chi connectivity index (χ1v) is 9.69. The third-order valence-electron chi connectivity index (χ3n) is 5.23. The van der Waals surface area contributed by atoms with Crippen LogP contribution in [-0.4, -0.2) is 55.0 Å². The Morgan fingerprint density at radius 1 is 1.22 bits per heavy atom. The maximum Gasteiger partial charge on any atom is 0.164 e. The number of Topliss-reactive ketones (excluding diaryl/α,β-unsaturated/α-hetero) is 1. The molecular formula is C21H25N3O3. The Labute approximate surface area is 159 Å². The fraction of sp³-hybridized carbons (Fsp3) is 0.476. The Kier molecular flexibility index (Phi) is 5.34. The van der Waals surface area contributed by atoms with Gasteiger partial charge in [-0.25, -0.2) is 4.99 Å². The highest BCUT2D eigenvalue weighted by Gasteiger charge is 2.22. The second-order valence-electron chi connectivity index (χ2n) is 7.30. The van der Waals surface area contributed by atoms with Crippen LogP contribution in [0.4, 0.5) is 5.69 Å². The lowest BCUT2D eigenvalue weighted by Gasteiger charge is -2.30. The van der Waals surface area contributed by atoms with Gasteiger partial charge in [-0.2, -0.15) is 0 Å². The number of hydrogen-bond donors (Lipinski definition) is 1. The Balaban J connectivity index is 1.44. The van der Waals surface area contributed by atoms with Crippen molar-refractivity contribution in [2.24, 2.45) is 4.99 Å². The van der Waals surface area contributed by atoms with E-state index in [0.29, 0.717) is 31.2 Å². The third-order valence-corrected chi connectivity index (χ3v) is 5.23. The molecule has 1 N–H and O–H groups in total. The minimum Gasteiger partial charge on any atom is -0.385 e. The molecule has 0 spiro atoms. The number of nitrogens with one attached hydrogen (secondary N) is 1. The molecule has 0 radical (unpaired) electrons. The first-order valence-electron chi connectivity index (χ1n) is 9.69. The van der Waals surface area contributed by atoms with Crippen LogP contribution in [0.1, 0.15) is 30.4 Å². The van der Waals surface area contributed by atoms with Crippen LogP contribution in [0.25, 0.3) is 0 Å². The molecule has 3 aliphatic rings. The highest BCUT2D eigenvalue weighted by atomic mass is 16.5. The number of morpholine rings is 1. The number of aryl methyl sites for hydroxylation is 1. The van der Waals surface area contributed by atoms with Gasteiger partial charge in [-0.1, -0.05) is 18.2 Å². The highest BCUT2D eigenvalue weighted by molar-refractivity contribution is 6.14. The number of aliphatic imine (C=N–C) groups is 1. The Morgan fingerprint density at radius 2 is 2.07 bits per heavy atom. The second-order valence-corrected chi connectivity index (χ2v) is 7.30. The minimum atomic E-state index is 0.0213. The van der Waals surface area contributed by atoms with E-state index >= 15 is 0 Å². The molecular weight excluding hydrogens is 342 g/mol. The predicted octanol–water partition coefficient (Wildman–Crippen LogP) is 2.13. The molecule has 0 aromatic heterocycles. The van der Waals surface area contributed by atoms with Crippen LogP contribution in [0, 0.1) is 0 Å². The van der Waals surface area contributed by atoms with Crippen molar-refractivity contribution in [2.75, 3.05) is 38.2 Å². The van der Waals surface area contributed by atoms with Crippen LogP contribution in [0.15, 0.2) is 35.1 Å². The quantitative estimate of drug-likeness (QED) is 0.863. The lowest BCUT2D eigenvalue weighted by molar-refractivity contribution is -0.117. The maximum absolute atomic E-state index is 12.7. The number of fused-ring (bicyclic) bond motifs is 1. The van der Waals surface area contributed by atoms with Gasteiger partial charge in [0.15, 0.2) is 5.78 Å². The Morgan fingerprint density at radius 3 is 2.93 bits per heavy atom. The van der Waals surface area contributed by atoms with Crippen LogP contribution in [-0.2, 0) is 27.2 Å². The summed E-state index contributed by atoms with van der Waals surface area (Å²) < 4.78 is 5.36. The van der Waals surface area contributed by atoms with Crippen LogP contribution in [0.3, 0.4) is 0 Å². The molecule has 6 nitrogen and oxygen atoms in total. The van der Waals surface area contributed by atoms with Crippen molar-refractivity contribution in [3.63, 3.8) is 0 Å². The van der Waals surface area contributed by atoms with E-state index in [1.54, 1.807) is 6.08 Å². The lowest BCUT2D eigenvalue weighted by atomic mass is 9.95. The van der Waals surface area contributed by atoms with Crippen LogP contribution in [0.2, 0.25) is 0 Å². The average Bonchev–Trinajstić information content (AvgIpc) is 2.68. The summed E-state index contributed by atoms with van der Waals surface area (Å²) in [6, 6.07) is 6.16. The SMILES string of the molecule is O=C1C=C(N2CCOCC2)N=C(CC(=O)Cc2cccc3c2NCCC3)C1. The molecule has 0 unspecified atom stereocenters. The minimum absolute atomic E-state index is 0.0213. The molecule has 0 atom stereocenters. The summed E-state index contributed by atoms with van der Waals surface area (Å²) in [5.41, 5.74) is 4.12. The van der Waals surface area contributed by atoms with E-state index in [0.717, 1.165) is 43.7 Å². The summed E-state index contributed by atoms with van der Waals surface area (Å²) >= 11 is 0. The van der Waals surface area contributed by atoms with E-state index in [1.165, 1.54) is 5.56 Å². The normalized spacial score (nSPS) is 19.7. The van der Waals surface area contributed by atoms with Gasteiger partial charge >= 0.3 is 0 Å². The number of nitrogens with zero attached hydrogens (tertiary/aromatic N) is 2. The zero-order valence-electron chi connectivity index (χ0n) is 15.5.